The lowest BCUT2D eigenvalue weighted by atomic mass is 9.86. The van der Waals surface area contributed by atoms with Gasteiger partial charge in [-0.25, -0.2) is 0 Å². The Bertz CT molecular complexity index is 614. The first-order valence-corrected chi connectivity index (χ1v) is 8.52. The van der Waals surface area contributed by atoms with Gasteiger partial charge in [-0.15, -0.1) is 0 Å². The number of amides is 2. The largest absolute Gasteiger partial charge is 0.484 e. The molecule has 2 amide bonds. The first kappa shape index (κ1) is 18.8. The van der Waals surface area contributed by atoms with Crippen molar-refractivity contribution in [3.63, 3.8) is 0 Å². The highest BCUT2D eigenvalue weighted by Crippen LogP contribution is 2.24. The van der Waals surface area contributed by atoms with Crippen molar-refractivity contribution in [1.82, 2.24) is 5.32 Å². The van der Waals surface area contributed by atoms with Crippen LogP contribution in [-0.4, -0.2) is 35.5 Å². The topological polar surface area (TPSA) is 119 Å². The molecule has 7 heteroatoms. The summed E-state index contributed by atoms with van der Waals surface area (Å²) in [5.74, 6) is -1.86. The fourth-order valence-electron chi connectivity index (χ4n) is 3.06. The standard InChI is InChI=1S/C18H24N2O5/c19-16(21)11-25-13-9-7-12(8-10-13)17(22)20-15-6-4-2-1-3-5-14(15)18(23)24/h7-10,14-15H,1-6,11H2,(H2,19,21)(H,20,22)(H,23,24). The minimum Gasteiger partial charge on any atom is -0.484 e. The summed E-state index contributed by atoms with van der Waals surface area (Å²) in [5.41, 5.74) is 5.42. The average molecular weight is 348 g/mol. The van der Waals surface area contributed by atoms with Crippen LogP contribution in [0.15, 0.2) is 24.3 Å². The van der Waals surface area contributed by atoms with E-state index >= 15 is 0 Å². The van der Waals surface area contributed by atoms with E-state index in [1.807, 2.05) is 0 Å². The van der Waals surface area contributed by atoms with E-state index in [0.29, 0.717) is 24.2 Å². The monoisotopic (exact) mass is 348 g/mol. The molecule has 1 saturated carbocycles. The number of nitrogens with one attached hydrogen (secondary N) is 1. The molecule has 0 aromatic heterocycles. The van der Waals surface area contributed by atoms with Crippen LogP contribution < -0.4 is 15.8 Å². The summed E-state index contributed by atoms with van der Waals surface area (Å²) in [5, 5.41) is 12.3. The summed E-state index contributed by atoms with van der Waals surface area (Å²) in [4.78, 5) is 34.6. The normalized spacial score (nSPS) is 20.8. The van der Waals surface area contributed by atoms with E-state index in [2.05, 4.69) is 5.32 Å². The molecular formula is C18H24N2O5. The zero-order chi connectivity index (χ0) is 18.2. The van der Waals surface area contributed by atoms with Crippen LogP contribution in [0, 0.1) is 5.92 Å². The second-order valence-electron chi connectivity index (χ2n) is 6.30. The van der Waals surface area contributed by atoms with Gasteiger partial charge in [0.2, 0.25) is 0 Å². The van der Waals surface area contributed by atoms with Crippen LogP contribution in [0.4, 0.5) is 0 Å². The van der Waals surface area contributed by atoms with E-state index in [1.165, 1.54) is 0 Å². The van der Waals surface area contributed by atoms with Crippen LogP contribution in [0.2, 0.25) is 0 Å². The van der Waals surface area contributed by atoms with Gasteiger partial charge in [0.15, 0.2) is 6.61 Å². The van der Waals surface area contributed by atoms with Crippen LogP contribution in [0.5, 0.6) is 5.75 Å². The summed E-state index contributed by atoms with van der Waals surface area (Å²) in [6.45, 7) is -0.228. The molecule has 0 aliphatic heterocycles. The van der Waals surface area contributed by atoms with Crippen molar-refractivity contribution >= 4 is 17.8 Å². The fraction of sp³-hybridized carbons (Fsp3) is 0.500. The fourth-order valence-corrected chi connectivity index (χ4v) is 3.06. The number of carbonyl (C=O) groups is 3. The van der Waals surface area contributed by atoms with Crippen LogP contribution >= 0.6 is 0 Å². The molecular weight excluding hydrogens is 324 g/mol. The van der Waals surface area contributed by atoms with Crippen LogP contribution in [-0.2, 0) is 9.59 Å². The molecule has 0 radical (unpaired) electrons. The summed E-state index contributed by atoms with van der Waals surface area (Å²) in [6.07, 6.45) is 5.13. The van der Waals surface area contributed by atoms with E-state index in [9.17, 15) is 19.5 Å². The Labute approximate surface area is 146 Å². The Kier molecular flexibility index (Phi) is 6.80. The molecule has 0 spiro atoms. The molecule has 0 heterocycles. The molecule has 2 rings (SSSR count). The van der Waals surface area contributed by atoms with Crippen molar-refractivity contribution in [3.05, 3.63) is 29.8 Å². The highest BCUT2D eigenvalue weighted by Gasteiger charge is 2.30. The molecule has 25 heavy (non-hydrogen) atoms. The average Bonchev–Trinajstić information content (AvgIpc) is 2.55. The number of ether oxygens (including phenoxy) is 1. The second kappa shape index (κ2) is 9.05. The van der Waals surface area contributed by atoms with E-state index < -0.39 is 17.8 Å². The lowest BCUT2D eigenvalue weighted by molar-refractivity contribution is -0.143. The van der Waals surface area contributed by atoms with E-state index in [4.69, 9.17) is 10.5 Å². The number of aliphatic carboxylic acids is 1. The second-order valence-corrected chi connectivity index (χ2v) is 6.30. The number of carboxylic acid groups (broad SMARTS) is 1. The van der Waals surface area contributed by atoms with Gasteiger partial charge in [0.05, 0.1) is 5.92 Å². The lowest BCUT2D eigenvalue weighted by Crippen LogP contribution is -2.43. The number of hydrogen-bond acceptors (Lipinski definition) is 4. The van der Waals surface area contributed by atoms with Crippen molar-refractivity contribution in [1.29, 1.82) is 0 Å². The minimum absolute atomic E-state index is 0.228. The number of rotatable bonds is 6. The maximum Gasteiger partial charge on any atom is 0.308 e. The highest BCUT2D eigenvalue weighted by molar-refractivity contribution is 5.94. The number of hydrogen-bond donors (Lipinski definition) is 3. The summed E-state index contributed by atoms with van der Waals surface area (Å²) < 4.78 is 5.15. The third-order valence-corrected chi connectivity index (χ3v) is 4.40. The van der Waals surface area contributed by atoms with Crippen molar-refractivity contribution in [3.8, 4) is 5.75 Å². The molecule has 1 aromatic rings. The molecule has 0 saturated heterocycles. The molecule has 7 nitrogen and oxygen atoms in total. The van der Waals surface area contributed by atoms with Gasteiger partial charge in [-0.2, -0.15) is 0 Å². The molecule has 4 N–H and O–H groups in total. The Morgan fingerprint density at radius 2 is 1.72 bits per heavy atom. The van der Waals surface area contributed by atoms with Crippen LogP contribution in [0.3, 0.4) is 0 Å². The predicted octanol–water partition coefficient (Wildman–Crippen LogP) is 1.70. The van der Waals surface area contributed by atoms with Gasteiger partial charge in [-0.05, 0) is 37.1 Å². The molecule has 2 atom stereocenters. The third-order valence-electron chi connectivity index (χ3n) is 4.40. The van der Waals surface area contributed by atoms with Gasteiger partial charge >= 0.3 is 5.97 Å². The lowest BCUT2D eigenvalue weighted by Gasteiger charge is -2.27. The van der Waals surface area contributed by atoms with Crippen LogP contribution in [0.25, 0.3) is 0 Å². The zero-order valence-electron chi connectivity index (χ0n) is 14.1. The molecule has 1 aliphatic rings. The number of carbonyl (C=O) groups excluding carboxylic acids is 2. The maximum absolute atomic E-state index is 12.4. The van der Waals surface area contributed by atoms with Gasteiger partial charge in [0, 0.05) is 11.6 Å². The molecule has 1 aromatic carbocycles. The SMILES string of the molecule is NC(=O)COc1ccc(C(=O)NC2CCCCCCC2C(=O)O)cc1. The Morgan fingerprint density at radius 1 is 1.08 bits per heavy atom. The summed E-state index contributed by atoms with van der Waals surface area (Å²) in [7, 11) is 0. The van der Waals surface area contributed by atoms with Crippen molar-refractivity contribution in [2.24, 2.45) is 11.7 Å². The van der Waals surface area contributed by atoms with Gasteiger partial charge in [-0.1, -0.05) is 25.7 Å². The molecule has 1 aliphatic carbocycles. The van der Waals surface area contributed by atoms with Gasteiger partial charge in [0.1, 0.15) is 5.75 Å². The van der Waals surface area contributed by atoms with Crippen molar-refractivity contribution in [2.45, 2.75) is 44.6 Å². The number of benzene rings is 1. The smallest absolute Gasteiger partial charge is 0.308 e. The molecule has 2 unspecified atom stereocenters. The number of primary amides is 1. The number of carboxylic acids is 1. The predicted molar refractivity (Wildman–Crippen MR) is 91.2 cm³/mol. The van der Waals surface area contributed by atoms with E-state index in [0.717, 1.165) is 25.7 Å². The first-order valence-electron chi connectivity index (χ1n) is 8.52. The van der Waals surface area contributed by atoms with Gasteiger partial charge < -0.3 is 20.9 Å². The molecule has 1 fully saturated rings. The van der Waals surface area contributed by atoms with Gasteiger partial charge in [0.25, 0.3) is 11.8 Å². The minimum atomic E-state index is -0.859. The zero-order valence-corrected chi connectivity index (χ0v) is 14.1. The summed E-state index contributed by atoms with van der Waals surface area (Å²) >= 11 is 0. The summed E-state index contributed by atoms with van der Waals surface area (Å²) in [6, 6.07) is 5.93. The van der Waals surface area contributed by atoms with Crippen molar-refractivity contribution < 1.29 is 24.2 Å². The Hall–Kier alpha value is -2.57. The Balaban J connectivity index is 2.00. The molecule has 136 valence electrons. The maximum atomic E-state index is 12.4. The Morgan fingerprint density at radius 3 is 2.32 bits per heavy atom. The van der Waals surface area contributed by atoms with E-state index in [1.54, 1.807) is 24.3 Å². The quantitative estimate of drug-likeness (QED) is 0.723. The molecule has 0 bridgehead atoms. The van der Waals surface area contributed by atoms with E-state index in [-0.39, 0.29) is 18.6 Å². The third kappa shape index (κ3) is 5.77. The first-order chi connectivity index (χ1) is 12.0. The van der Waals surface area contributed by atoms with Crippen molar-refractivity contribution in [2.75, 3.05) is 6.61 Å². The van der Waals surface area contributed by atoms with Gasteiger partial charge in [-0.3, -0.25) is 14.4 Å². The number of nitrogens with two attached hydrogens (primary N) is 1. The van der Waals surface area contributed by atoms with Crippen LogP contribution in [0.1, 0.15) is 48.9 Å². The highest BCUT2D eigenvalue weighted by atomic mass is 16.5.